The second kappa shape index (κ2) is 14.9. The van der Waals surface area contributed by atoms with Crippen LogP contribution >= 0.6 is 19.2 Å². The molecule has 1 aliphatic heterocycles. The lowest BCUT2D eigenvalue weighted by atomic mass is 10.1. The van der Waals surface area contributed by atoms with Gasteiger partial charge in [-0.1, -0.05) is 12.8 Å². The average Bonchev–Trinajstić information content (AvgIpc) is 3.67. The van der Waals surface area contributed by atoms with Crippen molar-refractivity contribution in [2.45, 2.75) is 82.1 Å². The number of esters is 1. The maximum Gasteiger partial charge on any atom is 0.356 e. The number of fused-ring (bicyclic) bond motifs is 1. The molecule has 43 heavy (non-hydrogen) atoms. The van der Waals surface area contributed by atoms with Crippen LogP contribution < -0.4 is 5.32 Å². The number of rotatable bonds is 16. The Labute approximate surface area is 254 Å². The third kappa shape index (κ3) is 8.85. The number of hydrogen-bond donors (Lipinski definition) is 4. The SMILES string of the molecule is COCCCOC(C)(C)C(=O)OCOP(=O)(O)COC[C@H]1O[C@@H](n2ccc3c(NC4CCCC4)nc(Cl)nc32)[C@H](O)[C@@H]1O. The maximum atomic E-state index is 12.4. The minimum Gasteiger partial charge on any atom is -0.436 e. The normalized spacial score (nSPS) is 24.4. The quantitative estimate of drug-likeness (QED) is 0.0681. The number of hydrogen-bond acceptors (Lipinski definition) is 13. The Kier molecular flexibility index (Phi) is 11.8. The van der Waals surface area contributed by atoms with E-state index >= 15 is 0 Å². The van der Waals surface area contributed by atoms with Crippen LogP contribution in [0.25, 0.3) is 11.0 Å². The summed E-state index contributed by atoms with van der Waals surface area (Å²) in [5.74, 6) is -0.199. The molecule has 0 radical (unpaired) electrons. The van der Waals surface area contributed by atoms with E-state index < -0.39 is 56.8 Å². The molecule has 2 aromatic heterocycles. The highest BCUT2D eigenvalue weighted by atomic mass is 35.5. The number of methoxy groups -OCH3 is 1. The Morgan fingerprint density at radius 2 is 1.98 bits per heavy atom. The van der Waals surface area contributed by atoms with E-state index in [-0.39, 0.29) is 24.5 Å². The first-order valence-corrected chi connectivity index (χ1v) is 16.2. The fraction of sp³-hybridized carbons (Fsp3) is 0.731. The van der Waals surface area contributed by atoms with Crippen molar-refractivity contribution in [3.05, 3.63) is 17.5 Å². The van der Waals surface area contributed by atoms with Gasteiger partial charge in [0.2, 0.25) is 12.1 Å². The lowest BCUT2D eigenvalue weighted by Crippen LogP contribution is -2.37. The Hall–Kier alpha value is -1.91. The first-order valence-electron chi connectivity index (χ1n) is 14.1. The lowest BCUT2D eigenvalue weighted by Gasteiger charge is -2.23. The fourth-order valence-corrected chi connectivity index (χ4v) is 5.72. The van der Waals surface area contributed by atoms with E-state index in [0.717, 1.165) is 25.7 Å². The first-order chi connectivity index (χ1) is 20.4. The number of carbonyl (C=O) groups excluding carboxylic acids is 1. The zero-order valence-corrected chi connectivity index (χ0v) is 26.0. The summed E-state index contributed by atoms with van der Waals surface area (Å²) >= 11 is 6.21. The third-order valence-electron chi connectivity index (χ3n) is 7.28. The largest absolute Gasteiger partial charge is 0.436 e. The highest BCUT2D eigenvalue weighted by molar-refractivity contribution is 7.52. The molecule has 242 valence electrons. The molecule has 0 spiro atoms. The third-order valence-corrected chi connectivity index (χ3v) is 8.47. The minimum atomic E-state index is -4.34. The van der Waals surface area contributed by atoms with Gasteiger partial charge in [0.05, 0.1) is 18.6 Å². The van der Waals surface area contributed by atoms with E-state index in [4.69, 9.17) is 39.8 Å². The first kappa shape index (κ1) is 34.0. The number of halogens is 1. The van der Waals surface area contributed by atoms with Gasteiger partial charge in [0, 0.05) is 26.0 Å². The van der Waals surface area contributed by atoms with Gasteiger partial charge in [-0.2, -0.15) is 4.98 Å². The molecule has 15 nitrogen and oxygen atoms in total. The number of anilines is 1. The zero-order valence-electron chi connectivity index (χ0n) is 24.4. The summed E-state index contributed by atoms with van der Waals surface area (Å²) in [6, 6.07) is 2.06. The van der Waals surface area contributed by atoms with Gasteiger partial charge in [0.1, 0.15) is 36.1 Å². The molecule has 2 aliphatic rings. The van der Waals surface area contributed by atoms with Crippen molar-refractivity contribution in [3.8, 4) is 0 Å². The van der Waals surface area contributed by atoms with E-state index in [1.807, 2.05) is 0 Å². The second-order valence-corrected chi connectivity index (χ2v) is 13.1. The smallest absolute Gasteiger partial charge is 0.356 e. The molecule has 2 fully saturated rings. The number of aliphatic hydroxyl groups is 2. The van der Waals surface area contributed by atoms with Gasteiger partial charge in [-0.25, -0.2) is 9.78 Å². The Balaban J connectivity index is 1.27. The molecule has 5 atom stereocenters. The van der Waals surface area contributed by atoms with E-state index in [1.165, 1.54) is 13.8 Å². The Bertz CT molecular complexity index is 1280. The van der Waals surface area contributed by atoms with Gasteiger partial charge in [-0.05, 0) is 50.8 Å². The van der Waals surface area contributed by atoms with Crippen LogP contribution in [0.15, 0.2) is 12.3 Å². The molecule has 17 heteroatoms. The van der Waals surface area contributed by atoms with Gasteiger partial charge in [-0.3, -0.25) is 9.09 Å². The molecule has 4 N–H and O–H groups in total. The molecule has 3 heterocycles. The fourth-order valence-electron chi connectivity index (χ4n) is 4.93. The summed E-state index contributed by atoms with van der Waals surface area (Å²) in [7, 11) is -2.79. The van der Waals surface area contributed by atoms with E-state index in [2.05, 4.69) is 15.3 Å². The van der Waals surface area contributed by atoms with Crippen molar-refractivity contribution in [2.24, 2.45) is 0 Å². The number of ether oxygens (including phenoxy) is 5. The highest BCUT2D eigenvalue weighted by Gasteiger charge is 2.44. The minimum absolute atomic E-state index is 0.0170. The summed E-state index contributed by atoms with van der Waals surface area (Å²) < 4.78 is 45.2. The molecule has 0 aromatic carbocycles. The van der Waals surface area contributed by atoms with Gasteiger partial charge in [0.15, 0.2) is 11.8 Å². The van der Waals surface area contributed by atoms with Crippen LogP contribution in [0.1, 0.15) is 52.2 Å². The van der Waals surface area contributed by atoms with Crippen LogP contribution in [-0.4, -0.2) is 106 Å². The predicted octanol–water partition coefficient (Wildman–Crippen LogP) is 2.57. The summed E-state index contributed by atoms with van der Waals surface area (Å²) in [6.07, 6.45) is 0.976. The molecule has 2 aromatic rings. The molecule has 4 rings (SSSR count). The summed E-state index contributed by atoms with van der Waals surface area (Å²) in [6.45, 7) is 2.59. The maximum absolute atomic E-state index is 12.4. The Morgan fingerprint density at radius 1 is 1.23 bits per heavy atom. The van der Waals surface area contributed by atoms with E-state index in [9.17, 15) is 24.5 Å². The van der Waals surface area contributed by atoms with Gasteiger partial charge in [0.25, 0.3) is 0 Å². The van der Waals surface area contributed by atoms with Crippen molar-refractivity contribution in [1.82, 2.24) is 14.5 Å². The van der Waals surface area contributed by atoms with Crippen LogP contribution in [0.4, 0.5) is 5.82 Å². The molecule has 1 saturated carbocycles. The average molecular weight is 651 g/mol. The second-order valence-electron chi connectivity index (χ2n) is 11.0. The van der Waals surface area contributed by atoms with Gasteiger partial charge >= 0.3 is 13.6 Å². The summed E-state index contributed by atoms with van der Waals surface area (Å²) in [5.41, 5.74) is -0.888. The lowest BCUT2D eigenvalue weighted by molar-refractivity contribution is -0.175. The van der Waals surface area contributed by atoms with Crippen LogP contribution in [0.2, 0.25) is 5.28 Å². The molecule has 0 amide bonds. The molecular formula is C26H40ClN4O11P. The summed E-state index contributed by atoms with van der Waals surface area (Å²) in [5, 5.41) is 25.5. The molecular weight excluding hydrogens is 611 g/mol. The monoisotopic (exact) mass is 650 g/mol. The standard InChI is InChI=1S/C26H40ClN4O11P/c1-26(2,40-12-6-11-37-3)24(34)39-14-41-43(35,36)15-38-13-18-19(32)20(33)23(42-18)31-10-9-17-21(28-16-7-4-5-8-16)29-25(27)30-22(17)31/h9-10,16,18-20,23,32-33H,4-8,11-15H2,1-3H3,(H,35,36)(H,28,29,30)/t18-,19-,20-,23-/m1/s1. The van der Waals surface area contributed by atoms with Crippen molar-refractivity contribution in [3.63, 3.8) is 0 Å². The highest BCUT2D eigenvalue weighted by Crippen LogP contribution is 2.42. The van der Waals surface area contributed by atoms with Crippen molar-refractivity contribution >= 4 is 42.0 Å². The van der Waals surface area contributed by atoms with Crippen molar-refractivity contribution < 1.29 is 52.7 Å². The molecule has 1 unspecified atom stereocenters. The molecule has 0 bridgehead atoms. The van der Waals surface area contributed by atoms with E-state index in [1.54, 1.807) is 23.9 Å². The van der Waals surface area contributed by atoms with Crippen LogP contribution in [0.5, 0.6) is 0 Å². The molecule has 1 aliphatic carbocycles. The van der Waals surface area contributed by atoms with Crippen molar-refractivity contribution in [2.75, 3.05) is 45.4 Å². The molecule has 1 saturated heterocycles. The number of aliphatic hydroxyl groups excluding tert-OH is 2. The van der Waals surface area contributed by atoms with Crippen LogP contribution in [0.3, 0.4) is 0 Å². The summed E-state index contributed by atoms with van der Waals surface area (Å²) in [4.78, 5) is 31.0. The topological polar surface area (TPSA) is 193 Å². The number of nitrogens with one attached hydrogen (secondary N) is 1. The number of aromatic nitrogens is 3. The van der Waals surface area contributed by atoms with E-state index in [0.29, 0.717) is 29.9 Å². The number of carbonyl (C=O) groups is 1. The zero-order chi connectivity index (χ0) is 31.2. The van der Waals surface area contributed by atoms with Crippen molar-refractivity contribution in [1.29, 1.82) is 0 Å². The number of nitrogens with zero attached hydrogens (tertiary/aromatic N) is 3. The Morgan fingerprint density at radius 3 is 2.70 bits per heavy atom. The van der Waals surface area contributed by atoms with Crippen LogP contribution in [0, 0.1) is 0 Å². The van der Waals surface area contributed by atoms with Gasteiger partial charge < -0.3 is 48.7 Å². The van der Waals surface area contributed by atoms with Crippen LogP contribution in [-0.2, 0) is 37.6 Å². The predicted molar refractivity (Wildman–Crippen MR) is 154 cm³/mol. The van der Waals surface area contributed by atoms with Gasteiger partial charge in [-0.15, -0.1) is 0 Å².